The van der Waals surface area contributed by atoms with Gasteiger partial charge in [-0.15, -0.1) is 0 Å². The van der Waals surface area contributed by atoms with Crippen LogP contribution in [0.5, 0.6) is 0 Å². The summed E-state index contributed by atoms with van der Waals surface area (Å²) in [6.07, 6.45) is 3.07. The molecule has 0 aliphatic carbocycles. The quantitative estimate of drug-likeness (QED) is 0.717. The Labute approximate surface area is 134 Å². The summed E-state index contributed by atoms with van der Waals surface area (Å²) in [5.74, 6) is -0.111. The van der Waals surface area contributed by atoms with Crippen LogP contribution in [0, 0.1) is 5.41 Å². The van der Waals surface area contributed by atoms with Crippen molar-refractivity contribution in [3.63, 3.8) is 0 Å². The molecule has 110 valence electrons. The molecule has 5 heteroatoms. The molecule has 1 aromatic carbocycles. The maximum absolute atomic E-state index is 12.7. The van der Waals surface area contributed by atoms with Crippen LogP contribution in [-0.4, -0.2) is 10.9 Å². The van der Waals surface area contributed by atoms with E-state index in [0.29, 0.717) is 12.8 Å². The Morgan fingerprint density at radius 1 is 1.30 bits per heavy atom. The summed E-state index contributed by atoms with van der Waals surface area (Å²) in [4.78, 5) is 13.0. The number of thiocarbonyl (C=S) groups is 1. The molecule has 0 bridgehead atoms. The number of hydrogen-bond acceptors (Lipinski definition) is 2. The highest BCUT2D eigenvalue weighted by molar-refractivity contribution is 9.10. The van der Waals surface area contributed by atoms with Crippen LogP contribution < -0.4 is 11.1 Å². The molecule has 3 nitrogen and oxygen atoms in total. The number of nitrogens with one attached hydrogen (secondary N) is 1. The lowest BCUT2D eigenvalue weighted by Gasteiger charge is -2.31. The van der Waals surface area contributed by atoms with E-state index in [2.05, 4.69) is 21.2 Å². The fourth-order valence-electron chi connectivity index (χ4n) is 2.37. The molecule has 1 amide bonds. The minimum Gasteiger partial charge on any atom is -0.392 e. The Kier molecular flexibility index (Phi) is 6.62. The molecule has 0 spiro atoms. The van der Waals surface area contributed by atoms with E-state index in [1.807, 2.05) is 38.1 Å². The predicted octanol–water partition coefficient (Wildman–Crippen LogP) is 4.26. The summed E-state index contributed by atoms with van der Waals surface area (Å²) in [6, 6.07) is 7.52. The lowest BCUT2D eigenvalue weighted by molar-refractivity contribution is -0.122. The van der Waals surface area contributed by atoms with Crippen LogP contribution in [-0.2, 0) is 4.79 Å². The average molecular weight is 357 g/mol. The first-order valence-electron chi connectivity index (χ1n) is 6.83. The van der Waals surface area contributed by atoms with Gasteiger partial charge in [0.05, 0.1) is 16.1 Å². The first kappa shape index (κ1) is 17.1. The zero-order valence-electron chi connectivity index (χ0n) is 11.9. The highest BCUT2D eigenvalue weighted by Gasteiger charge is 2.39. The lowest BCUT2D eigenvalue weighted by atomic mass is 9.78. The van der Waals surface area contributed by atoms with Crippen molar-refractivity contribution in [2.24, 2.45) is 11.1 Å². The second kappa shape index (κ2) is 7.74. The molecule has 20 heavy (non-hydrogen) atoms. The maximum Gasteiger partial charge on any atom is 0.237 e. The highest BCUT2D eigenvalue weighted by atomic mass is 79.9. The minimum absolute atomic E-state index is 0.111. The Bertz CT molecular complexity index is 485. The molecule has 0 radical (unpaired) electrons. The van der Waals surface area contributed by atoms with Crippen molar-refractivity contribution in [3.8, 4) is 0 Å². The van der Waals surface area contributed by atoms with Gasteiger partial charge in [0, 0.05) is 4.47 Å². The molecule has 3 N–H and O–H groups in total. The first-order chi connectivity index (χ1) is 9.47. The molecule has 0 saturated heterocycles. The van der Waals surface area contributed by atoms with E-state index in [1.165, 1.54) is 0 Å². The number of anilines is 1. The number of carbonyl (C=O) groups excluding carboxylic acids is 1. The van der Waals surface area contributed by atoms with Gasteiger partial charge in [-0.2, -0.15) is 0 Å². The van der Waals surface area contributed by atoms with E-state index >= 15 is 0 Å². The fourth-order valence-corrected chi connectivity index (χ4v) is 3.05. The van der Waals surface area contributed by atoms with E-state index in [4.69, 9.17) is 18.0 Å². The zero-order chi connectivity index (χ0) is 15.2. The minimum atomic E-state index is -0.756. The van der Waals surface area contributed by atoms with Crippen LogP contribution in [0.15, 0.2) is 28.7 Å². The summed E-state index contributed by atoms with van der Waals surface area (Å²) in [7, 11) is 0. The third kappa shape index (κ3) is 3.79. The SMILES string of the molecule is CCCC(CCC)(C(=O)Nc1ccccc1Br)C(N)=S. The van der Waals surface area contributed by atoms with Crippen LogP contribution in [0.25, 0.3) is 0 Å². The molecule has 0 aliphatic rings. The molecule has 0 heterocycles. The normalized spacial score (nSPS) is 11.2. The van der Waals surface area contributed by atoms with Crippen LogP contribution in [0.4, 0.5) is 5.69 Å². The summed E-state index contributed by atoms with van der Waals surface area (Å²) >= 11 is 8.62. The van der Waals surface area contributed by atoms with E-state index in [0.717, 1.165) is 23.0 Å². The largest absolute Gasteiger partial charge is 0.392 e. The maximum atomic E-state index is 12.7. The fraction of sp³-hybridized carbons (Fsp3) is 0.467. The molecule has 0 saturated carbocycles. The average Bonchev–Trinajstić information content (AvgIpc) is 2.40. The van der Waals surface area contributed by atoms with Gasteiger partial charge in [0.25, 0.3) is 0 Å². The van der Waals surface area contributed by atoms with Crippen molar-refractivity contribution < 1.29 is 4.79 Å². The van der Waals surface area contributed by atoms with Crippen molar-refractivity contribution in [2.45, 2.75) is 39.5 Å². The number of rotatable bonds is 7. The summed E-state index contributed by atoms with van der Waals surface area (Å²) in [6.45, 7) is 4.07. The molecule has 0 fully saturated rings. The predicted molar refractivity (Wildman–Crippen MR) is 91.8 cm³/mol. The number of benzene rings is 1. The molecule has 0 aromatic heterocycles. The Hall–Kier alpha value is -0.940. The third-order valence-electron chi connectivity index (χ3n) is 3.38. The van der Waals surface area contributed by atoms with Gasteiger partial charge in [0.15, 0.2) is 0 Å². The van der Waals surface area contributed by atoms with Crippen molar-refractivity contribution in [1.82, 2.24) is 0 Å². The molecule has 0 aliphatic heterocycles. The standard InChI is InChI=1S/C15H21BrN2OS/c1-3-9-15(10-4-2,13(17)20)14(19)18-12-8-6-5-7-11(12)16/h5-8H,3-4,9-10H2,1-2H3,(H2,17,20)(H,18,19). The number of hydrogen-bond donors (Lipinski definition) is 2. The summed E-state index contributed by atoms with van der Waals surface area (Å²) < 4.78 is 0.846. The van der Waals surface area contributed by atoms with Crippen LogP contribution in [0.2, 0.25) is 0 Å². The van der Waals surface area contributed by atoms with E-state index in [9.17, 15) is 4.79 Å². The number of para-hydroxylation sites is 1. The van der Waals surface area contributed by atoms with E-state index < -0.39 is 5.41 Å². The second-order valence-corrected chi connectivity index (χ2v) is 6.17. The monoisotopic (exact) mass is 356 g/mol. The van der Waals surface area contributed by atoms with Crippen LogP contribution in [0.3, 0.4) is 0 Å². The van der Waals surface area contributed by atoms with Gasteiger partial charge in [0.1, 0.15) is 0 Å². The third-order valence-corrected chi connectivity index (χ3v) is 4.46. The van der Waals surface area contributed by atoms with Gasteiger partial charge in [0.2, 0.25) is 5.91 Å². The van der Waals surface area contributed by atoms with Crippen molar-refractivity contribution >= 4 is 44.7 Å². The Balaban J connectivity index is 3.05. The number of nitrogens with two attached hydrogens (primary N) is 1. The van der Waals surface area contributed by atoms with Gasteiger partial charge < -0.3 is 11.1 Å². The Morgan fingerprint density at radius 3 is 2.30 bits per heavy atom. The second-order valence-electron chi connectivity index (χ2n) is 4.88. The van der Waals surface area contributed by atoms with Crippen molar-refractivity contribution in [2.75, 3.05) is 5.32 Å². The summed E-state index contributed by atoms with van der Waals surface area (Å²) in [5, 5.41) is 2.95. The smallest absolute Gasteiger partial charge is 0.237 e. The Morgan fingerprint density at radius 2 is 1.85 bits per heavy atom. The van der Waals surface area contributed by atoms with Crippen LogP contribution >= 0.6 is 28.1 Å². The molecule has 0 atom stereocenters. The van der Waals surface area contributed by atoms with Gasteiger partial charge >= 0.3 is 0 Å². The van der Waals surface area contributed by atoms with Crippen LogP contribution in [0.1, 0.15) is 39.5 Å². The molecule has 1 rings (SSSR count). The van der Waals surface area contributed by atoms with E-state index in [-0.39, 0.29) is 10.9 Å². The number of amides is 1. The van der Waals surface area contributed by atoms with E-state index in [1.54, 1.807) is 0 Å². The lowest BCUT2D eigenvalue weighted by Crippen LogP contribution is -2.46. The molecular formula is C15H21BrN2OS. The summed E-state index contributed by atoms with van der Waals surface area (Å²) in [5.41, 5.74) is 5.88. The molecule has 1 aromatic rings. The zero-order valence-corrected chi connectivity index (χ0v) is 14.3. The first-order valence-corrected chi connectivity index (χ1v) is 8.04. The van der Waals surface area contributed by atoms with Gasteiger partial charge in [-0.3, -0.25) is 4.79 Å². The van der Waals surface area contributed by atoms with Crippen molar-refractivity contribution in [1.29, 1.82) is 0 Å². The van der Waals surface area contributed by atoms with Gasteiger partial charge in [-0.25, -0.2) is 0 Å². The van der Waals surface area contributed by atoms with Gasteiger partial charge in [-0.05, 0) is 40.9 Å². The number of carbonyl (C=O) groups is 1. The molecule has 0 unspecified atom stereocenters. The number of halogens is 1. The molecular weight excluding hydrogens is 336 g/mol. The topological polar surface area (TPSA) is 55.1 Å². The highest BCUT2D eigenvalue weighted by Crippen LogP contribution is 2.33. The van der Waals surface area contributed by atoms with Gasteiger partial charge in [-0.1, -0.05) is 51.0 Å². The van der Waals surface area contributed by atoms with Crippen molar-refractivity contribution in [3.05, 3.63) is 28.7 Å².